The van der Waals surface area contributed by atoms with Crippen LogP contribution in [0.1, 0.15) is 29.2 Å². The molecule has 1 aliphatic carbocycles. The molecule has 1 amide bonds. The molecule has 27 heavy (non-hydrogen) atoms. The first-order valence-electron chi connectivity index (χ1n) is 8.40. The first kappa shape index (κ1) is 17.9. The Balaban J connectivity index is 1.42. The monoisotopic (exact) mass is 393 g/mol. The second kappa shape index (κ2) is 6.56. The van der Waals surface area contributed by atoms with E-state index in [9.17, 15) is 18.0 Å². The van der Waals surface area contributed by atoms with Gasteiger partial charge >= 0.3 is 6.18 Å². The van der Waals surface area contributed by atoms with E-state index in [1.807, 2.05) is 0 Å². The van der Waals surface area contributed by atoms with Gasteiger partial charge in [0.1, 0.15) is 5.65 Å². The largest absolute Gasteiger partial charge is 0.416 e. The van der Waals surface area contributed by atoms with Gasteiger partial charge in [-0.2, -0.15) is 13.2 Å². The SMILES string of the molecule is O=C(NCc1cn2cc(Cl)ccc2n1)C1CC1c1ccccc1C(F)(F)F. The van der Waals surface area contributed by atoms with Crippen molar-refractivity contribution in [2.24, 2.45) is 5.92 Å². The van der Waals surface area contributed by atoms with Crippen LogP contribution < -0.4 is 5.32 Å². The average Bonchev–Trinajstić information content (AvgIpc) is 3.32. The molecule has 1 saturated carbocycles. The van der Waals surface area contributed by atoms with E-state index < -0.39 is 23.6 Å². The molecule has 0 saturated heterocycles. The Labute approximate surface area is 158 Å². The van der Waals surface area contributed by atoms with Gasteiger partial charge < -0.3 is 9.72 Å². The third-order valence-electron chi connectivity index (χ3n) is 4.70. The number of halogens is 4. The van der Waals surface area contributed by atoms with Crippen LogP contribution in [0.3, 0.4) is 0 Å². The van der Waals surface area contributed by atoms with E-state index in [4.69, 9.17) is 11.6 Å². The molecule has 140 valence electrons. The second-order valence-corrected chi connectivity index (χ2v) is 7.03. The summed E-state index contributed by atoms with van der Waals surface area (Å²) in [5.41, 5.74) is 0.876. The normalized spacial score (nSPS) is 19.3. The summed E-state index contributed by atoms with van der Waals surface area (Å²) in [7, 11) is 0. The molecule has 2 aromatic heterocycles. The summed E-state index contributed by atoms with van der Waals surface area (Å²) in [5.74, 6) is -1.10. The Hall–Kier alpha value is -2.54. The minimum atomic E-state index is -4.42. The molecule has 0 aliphatic heterocycles. The number of pyridine rings is 1. The number of nitrogens with one attached hydrogen (secondary N) is 1. The van der Waals surface area contributed by atoms with Crippen LogP contribution >= 0.6 is 11.6 Å². The maximum atomic E-state index is 13.1. The number of nitrogens with zero attached hydrogens (tertiary/aromatic N) is 2. The van der Waals surface area contributed by atoms with Gasteiger partial charge in [-0.3, -0.25) is 4.79 Å². The Kier molecular flexibility index (Phi) is 4.34. The fraction of sp³-hybridized carbons (Fsp3) is 0.263. The molecule has 1 aliphatic rings. The quantitative estimate of drug-likeness (QED) is 0.713. The molecule has 1 aromatic carbocycles. The molecule has 0 radical (unpaired) electrons. The molecule has 0 spiro atoms. The van der Waals surface area contributed by atoms with Gasteiger partial charge in [0.25, 0.3) is 0 Å². The van der Waals surface area contributed by atoms with Gasteiger partial charge in [0.2, 0.25) is 5.91 Å². The lowest BCUT2D eigenvalue weighted by atomic mass is 10.0. The fourth-order valence-electron chi connectivity index (χ4n) is 3.32. The first-order valence-corrected chi connectivity index (χ1v) is 8.77. The predicted molar refractivity (Wildman–Crippen MR) is 94.3 cm³/mol. The molecule has 1 N–H and O–H groups in total. The molecule has 4 rings (SSSR count). The lowest BCUT2D eigenvalue weighted by Gasteiger charge is -2.12. The van der Waals surface area contributed by atoms with Crippen molar-refractivity contribution in [2.45, 2.75) is 25.1 Å². The van der Waals surface area contributed by atoms with E-state index in [1.54, 1.807) is 35.0 Å². The van der Waals surface area contributed by atoms with Crippen molar-refractivity contribution >= 4 is 23.2 Å². The van der Waals surface area contributed by atoms with Crippen LogP contribution in [0, 0.1) is 5.92 Å². The molecular weight excluding hydrogens is 379 g/mol. The lowest BCUT2D eigenvalue weighted by molar-refractivity contribution is -0.138. The van der Waals surface area contributed by atoms with Gasteiger partial charge in [0, 0.05) is 18.3 Å². The van der Waals surface area contributed by atoms with Crippen LogP contribution in [-0.4, -0.2) is 15.3 Å². The predicted octanol–water partition coefficient (Wildman–Crippen LogP) is 4.43. The fourth-order valence-corrected chi connectivity index (χ4v) is 3.49. The van der Waals surface area contributed by atoms with Crippen molar-refractivity contribution < 1.29 is 18.0 Å². The number of carbonyl (C=O) groups is 1. The number of benzene rings is 1. The number of amides is 1. The smallest absolute Gasteiger partial charge is 0.350 e. The zero-order valence-corrected chi connectivity index (χ0v) is 14.8. The first-order chi connectivity index (χ1) is 12.8. The van der Waals surface area contributed by atoms with E-state index in [0.717, 1.165) is 6.07 Å². The number of rotatable bonds is 4. The second-order valence-electron chi connectivity index (χ2n) is 6.60. The van der Waals surface area contributed by atoms with Gasteiger partial charge in [0.05, 0.1) is 22.8 Å². The summed E-state index contributed by atoms with van der Waals surface area (Å²) in [5, 5.41) is 3.33. The number of aromatic nitrogens is 2. The number of imidazole rings is 1. The molecular formula is C19H15ClF3N3O. The van der Waals surface area contributed by atoms with Crippen molar-refractivity contribution in [3.63, 3.8) is 0 Å². The van der Waals surface area contributed by atoms with Crippen LogP contribution in [0.4, 0.5) is 13.2 Å². The topological polar surface area (TPSA) is 46.4 Å². The van der Waals surface area contributed by atoms with Crippen LogP contribution in [0.5, 0.6) is 0 Å². The van der Waals surface area contributed by atoms with Crippen molar-refractivity contribution in [3.05, 3.63) is 70.6 Å². The molecule has 4 nitrogen and oxygen atoms in total. The van der Waals surface area contributed by atoms with Crippen LogP contribution in [0.2, 0.25) is 5.02 Å². The highest BCUT2D eigenvalue weighted by atomic mass is 35.5. The van der Waals surface area contributed by atoms with E-state index in [-0.39, 0.29) is 18.0 Å². The van der Waals surface area contributed by atoms with Crippen LogP contribution in [0.15, 0.2) is 48.8 Å². The highest BCUT2D eigenvalue weighted by Crippen LogP contribution is 2.51. The van der Waals surface area contributed by atoms with Crippen LogP contribution in [0.25, 0.3) is 5.65 Å². The summed E-state index contributed by atoms with van der Waals surface area (Å²) < 4.78 is 41.2. The lowest BCUT2D eigenvalue weighted by Crippen LogP contribution is -2.25. The van der Waals surface area contributed by atoms with E-state index in [0.29, 0.717) is 22.8 Å². The Morgan fingerprint density at radius 3 is 2.78 bits per heavy atom. The Morgan fingerprint density at radius 1 is 1.22 bits per heavy atom. The molecule has 2 heterocycles. The summed E-state index contributed by atoms with van der Waals surface area (Å²) in [6.45, 7) is 0.211. The molecule has 3 aromatic rings. The van der Waals surface area contributed by atoms with E-state index in [1.165, 1.54) is 12.1 Å². The molecule has 2 atom stereocenters. The van der Waals surface area contributed by atoms with Gasteiger partial charge in [-0.15, -0.1) is 0 Å². The minimum Gasteiger partial charge on any atom is -0.350 e. The van der Waals surface area contributed by atoms with Crippen molar-refractivity contribution in [1.82, 2.24) is 14.7 Å². The van der Waals surface area contributed by atoms with Crippen molar-refractivity contribution in [1.29, 1.82) is 0 Å². The summed E-state index contributed by atoms with van der Waals surface area (Å²) in [4.78, 5) is 16.7. The van der Waals surface area contributed by atoms with Gasteiger partial charge in [-0.1, -0.05) is 29.8 Å². The zero-order chi connectivity index (χ0) is 19.2. The van der Waals surface area contributed by atoms with Gasteiger partial charge in [-0.05, 0) is 36.1 Å². The van der Waals surface area contributed by atoms with Gasteiger partial charge in [-0.25, -0.2) is 4.98 Å². The average molecular weight is 394 g/mol. The zero-order valence-electron chi connectivity index (χ0n) is 14.0. The third kappa shape index (κ3) is 3.64. The van der Waals surface area contributed by atoms with E-state index >= 15 is 0 Å². The van der Waals surface area contributed by atoms with E-state index in [2.05, 4.69) is 10.3 Å². The maximum Gasteiger partial charge on any atom is 0.416 e. The minimum absolute atomic E-state index is 0.188. The van der Waals surface area contributed by atoms with Gasteiger partial charge in [0.15, 0.2) is 0 Å². The Bertz CT molecular complexity index is 1010. The van der Waals surface area contributed by atoms with Crippen molar-refractivity contribution in [3.8, 4) is 0 Å². The summed E-state index contributed by atoms with van der Waals surface area (Å²) in [6, 6.07) is 8.92. The summed E-state index contributed by atoms with van der Waals surface area (Å²) >= 11 is 5.93. The third-order valence-corrected chi connectivity index (χ3v) is 4.93. The molecule has 1 fully saturated rings. The summed E-state index contributed by atoms with van der Waals surface area (Å²) in [6.07, 6.45) is -0.539. The van der Waals surface area contributed by atoms with Crippen molar-refractivity contribution in [2.75, 3.05) is 0 Å². The van der Waals surface area contributed by atoms with Crippen LogP contribution in [-0.2, 0) is 17.5 Å². The molecule has 2 unspecified atom stereocenters. The Morgan fingerprint density at radius 2 is 2.00 bits per heavy atom. The number of hydrogen-bond donors (Lipinski definition) is 1. The number of fused-ring (bicyclic) bond motifs is 1. The number of alkyl halides is 3. The highest BCUT2D eigenvalue weighted by molar-refractivity contribution is 6.30. The highest BCUT2D eigenvalue weighted by Gasteiger charge is 2.47. The number of hydrogen-bond acceptors (Lipinski definition) is 2. The molecule has 0 bridgehead atoms. The number of carbonyl (C=O) groups excluding carboxylic acids is 1. The molecule has 8 heteroatoms. The standard InChI is InChI=1S/C19H15ClF3N3O/c20-11-5-6-17-25-12(10-26(17)9-11)8-24-18(27)15-7-14(15)13-3-1-2-4-16(13)19(21,22)23/h1-6,9-10,14-15H,7-8H2,(H,24,27). The maximum absolute atomic E-state index is 13.1.